The van der Waals surface area contributed by atoms with E-state index < -0.39 is 0 Å². The molecule has 0 unspecified atom stereocenters. The lowest BCUT2D eigenvalue weighted by atomic mass is 10.3. The predicted molar refractivity (Wildman–Crippen MR) is 67.7 cm³/mol. The van der Waals surface area contributed by atoms with Crippen molar-refractivity contribution in [2.45, 2.75) is 26.3 Å². The lowest BCUT2D eigenvalue weighted by molar-refractivity contribution is 0.397. The largest absolute Gasteiger partial charge is 0.481 e. The molecule has 0 fully saturated rings. The molecule has 1 aromatic rings. The highest BCUT2D eigenvalue weighted by Gasteiger charge is 2.03. The van der Waals surface area contributed by atoms with Crippen LogP contribution < -0.4 is 15.4 Å². The van der Waals surface area contributed by atoms with E-state index >= 15 is 0 Å². The first-order chi connectivity index (χ1) is 7.65. The van der Waals surface area contributed by atoms with Gasteiger partial charge in [0.15, 0.2) is 5.11 Å². The standard InChI is InChI=1S/C10H16N4OS/c1-4-7(2)13-10(16)14-8-5-9(15-3)12-6-11-8/h5-7H,4H2,1-3H3,(H2,11,12,13,14,16)/t7-/m0/s1. The van der Waals surface area contributed by atoms with Crippen molar-refractivity contribution in [3.05, 3.63) is 12.4 Å². The number of methoxy groups -OCH3 is 1. The van der Waals surface area contributed by atoms with Gasteiger partial charge in [-0.25, -0.2) is 9.97 Å². The molecule has 5 nitrogen and oxygen atoms in total. The fourth-order valence-electron chi connectivity index (χ4n) is 0.998. The Kier molecular flexibility index (Phi) is 4.91. The topological polar surface area (TPSA) is 59.1 Å². The van der Waals surface area contributed by atoms with Gasteiger partial charge in [-0.2, -0.15) is 0 Å². The predicted octanol–water partition coefficient (Wildman–Crippen LogP) is 1.57. The lowest BCUT2D eigenvalue weighted by Crippen LogP contribution is -2.35. The van der Waals surface area contributed by atoms with E-state index in [1.807, 2.05) is 0 Å². The van der Waals surface area contributed by atoms with E-state index in [0.29, 0.717) is 22.9 Å². The van der Waals surface area contributed by atoms with Gasteiger partial charge in [0.05, 0.1) is 7.11 Å². The molecule has 0 radical (unpaired) electrons. The van der Waals surface area contributed by atoms with Gasteiger partial charge in [-0.05, 0) is 25.6 Å². The number of aromatic nitrogens is 2. The average molecular weight is 240 g/mol. The maximum absolute atomic E-state index is 5.13. The van der Waals surface area contributed by atoms with Crippen molar-refractivity contribution < 1.29 is 4.74 Å². The van der Waals surface area contributed by atoms with Gasteiger partial charge in [-0.3, -0.25) is 0 Å². The molecule has 1 heterocycles. The first-order valence-electron chi connectivity index (χ1n) is 5.09. The van der Waals surface area contributed by atoms with Crippen LogP contribution >= 0.6 is 12.2 Å². The second-order valence-electron chi connectivity index (χ2n) is 3.35. The van der Waals surface area contributed by atoms with Crippen LogP contribution in [0.5, 0.6) is 5.88 Å². The molecule has 0 aromatic carbocycles. The Bertz CT molecular complexity index is 358. The average Bonchev–Trinajstić information content (AvgIpc) is 2.28. The summed E-state index contributed by atoms with van der Waals surface area (Å²) in [4.78, 5) is 7.94. The Balaban J connectivity index is 2.55. The normalized spacial score (nSPS) is 11.7. The highest BCUT2D eigenvalue weighted by molar-refractivity contribution is 7.80. The second-order valence-corrected chi connectivity index (χ2v) is 3.76. The van der Waals surface area contributed by atoms with Crippen LogP contribution in [0, 0.1) is 0 Å². The van der Waals surface area contributed by atoms with Crippen molar-refractivity contribution in [2.75, 3.05) is 12.4 Å². The molecular formula is C10H16N4OS. The summed E-state index contributed by atoms with van der Waals surface area (Å²) >= 11 is 5.13. The molecule has 0 aliphatic heterocycles. The number of thiocarbonyl (C=S) groups is 1. The van der Waals surface area contributed by atoms with Crippen LogP contribution in [0.4, 0.5) is 5.82 Å². The fraction of sp³-hybridized carbons (Fsp3) is 0.500. The molecule has 0 bridgehead atoms. The van der Waals surface area contributed by atoms with Crippen molar-refractivity contribution in [2.24, 2.45) is 0 Å². The van der Waals surface area contributed by atoms with Crippen molar-refractivity contribution in [3.63, 3.8) is 0 Å². The van der Waals surface area contributed by atoms with E-state index in [4.69, 9.17) is 17.0 Å². The lowest BCUT2D eigenvalue weighted by Gasteiger charge is -2.14. The number of anilines is 1. The van der Waals surface area contributed by atoms with Crippen molar-refractivity contribution in [1.29, 1.82) is 0 Å². The first kappa shape index (κ1) is 12.6. The molecule has 6 heteroatoms. The van der Waals surface area contributed by atoms with Crippen LogP contribution in [-0.2, 0) is 0 Å². The minimum Gasteiger partial charge on any atom is -0.481 e. The Morgan fingerprint density at radius 3 is 2.94 bits per heavy atom. The highest BCUT2D eigenvalue weighted by Crippen LogP contribution is 2.09. The van der Waals surface area contributed by atoms with Crippen LogP contribution in [0.15, 0.2) is 12.4 Å². The van der Waals surface area contributed by atoms with Crippen LogP contribution in [0.2, 0.25) is 0 Å². The summed E-state index contributed by atoms with van der Waals surface area (Å²) in [6.07, 6.45) is 2.43. The molecule has 0 spiro atoms. The highest BCUT2D eigenvalue weighted by atomic mass is 32.1. The summed E-state index contributed by atoms with van der Waals surface area (Å²) in [6, 6.07) is 2.02. The van der Waals surface area contributed by atoms with Gasteiger partial charge >= 0.3 is 0 Å². The smallest absolute Gasteiger partial charge is 0.218 e. The van der Waals surface area contributed by atoms with Crippen LogP contribution in [0.3, 0.4) is 0 Å². The minimum atomic E-state index is 0.337. The number of ether oxygens (including phenoxy) is 1. The van der Waals surface area contributed by atoms with Crippen molar-refractivity contribution in [3.8, 4) is 5.88 Å². The molecule has 0 saturated heterocycles. The van der Waals surface area contributed by atoms with E-state index in [1.165, 1.54) is 6.33 Å². The number of hydrogen-bond donors (Lipinski definition) is 2. The molecule has 1 aromatic heterocycles. The number of nitrogens with zero attached hydrogens (tertiary/aromatic N) is 2. The summed E-state index contributed by atoms with van der Waals surface area (Å²) in [5, 5.41) is 6.66. The monoisotopic (exact) mass is 240 g/mol. The van der Waals surface area contributed by atoms with E-state index in [1.54, 1.807) is 13.2 Å². The van der Waals surface area contributed by atoms with Gasteiger partial charge in [0.1, 0.15) is 12.1 Å². The van der Waals surface area contributed by atoms with Gasteiger partial charge in [0.2, 0.25) is 5.88 Å². The van der Waals surface area contributed by atoms with Gasteiger partial charge in [-0.15, -0.1) is 0 Å². The van der Waals surface area contributed by atoms with Gasteiger partial charge < -0.3 is 15.4 Å². The zero-order valence-electron chi connectivity index (χ0n) is 9.65. The second kappa shape index (κ2) is 6.22. The molecule has 0 saturated carbocycles. The quantitative estimate of drug-likeness (QED) is 0.779. The Labute approximate surface area is 101 Å². The van der Waals surface area contributed by atoms with Crippen molar-refractivity contribution in [1.82, 2.24) is 15.3 Å². The number of hydrogen-bond acceptors (Lipinski definition) is 4. The van der Waals surface area contributed by atoms with E-state index in [0.717, 1.165) is 6.42 Å². The molecule has 2 N–H and O–H groups in total. The number of nitrogens with one attached hydrogen (secondary N) is 2. The molecule has 1 atom stereocenters. The number of rotatable bonds is 4. The summed E-state index contributed by atoms with van der Waals surface area (Å²) in [5.41, 5.74) is 0. The zero-order chi connectivity index (χ0) is 12.0. The molecule has 0 aliphatic rings. The third-order valence-corrected chi connectivity index (χ3v) is 2.30. The summed E-state index contributed by atoms with van der Waals surface area (Å²) in [6.45, 7) is 4.16. The maximum Gasteiger partial charge on any atom is 0.218 e. The van der Waals surface area contributed by atoms with E-state index in [2.05, 4.69) is 34.4 Å². The van der Waals surface area contributed by atoms with Gasteiger partial charge in [-0.1, -0.05) is 6.92 Å². The summed E-state index contributed by atoms with van der Waals surface area (Å²) < 4.78 is 4.98. The minimum absolute atomic E-state index is 0.337. The zero-order valence-corrected chi connectivity index (χ0v) is 10.5. The Morgan fingerprint density at radius 1 is 1.56 bits per heavy atom. The first-order valence-corrected chi connectivity index (χ1v) is 5.50. The summed E-state index contributed by atoms with van der Waals surface area (Å²) in [5.74, 6) is 1.12. The Morgan fingerprint density at radius 2 is 2.31 bits per heavy atom. The van der Waals surface area contributed by atoms with Crippen LogP contribution in [0.25, 0.3) is 0 Å². The fourth-order valence-corrected chi connectivity index (χ4v) is 1.30. The van der Waals surface area contributed by atoms with Gasteiger partial charge in [0, 0.05) is 12.1 Å². The third kappa shape index (κ3) is 3.98. The molecule has 0 amide bonds. The van der Waals surface area contributed by atoms with E-state index in [9.17, 15) is 0 Å². The SMILES string of the molecule is CC[C@H](C)NC(=S)Nc1cc(OC)ncn1. The molecular weight excluding hydrogens is 224 g/mol. The molecule has 16 heavy (non-hydrogen) atoms. The summed E-state index contributed by atoms with van der Waals surface area (Å²) in [7, 11) is 1.56. The van der Waals surface area contributed by atoms with E-state index in [-0.39, 0.29) is 0 Å². The molecule has 0 aliphatic carbocycles. The Hall–Kier alpha value is -1.43. The molecule has 1 rings (SSSR count). The molecule has 88 valence electrons. The third-order valence-electron chi connectivity index (χ3n) is 2.08. The maximum atomic E-state index is 5.13. The van der Waals surface area contributed by atoms with Gasteiger partial charge in [0.25, 0.3) is 0 Å². The van der Waals surface area contributed by atoms with Crippen LogP contribution in [-0.4, -0.2) is 28.2 Å². The van der Waals surface area contributed by atoms with Crippen LogP contribution in [0.1, 0.15) is 20.3 Å². The van der Waals surface area contributed by atoms with Crippen molar-refractivity contribution >= 4 is 23.1 Å².